The van der Waals surface area contributed by atoms with Crippen LogP contribution in [0, 0.1) is 5.82 Å². The van der Waals surface area contributed by atoms with Gasteiger partial charge in [0.1, 0.15) is 11.6 Å². The first-order valence-electron chi connectivity index (χ1n) is 9.02. The zero-order valence-electron chi connectivity index (χ0n) is 15.4. The Balaban J connectivity index is 1.77. The molecule has 0 atom stereocenters. The highest BCUT2D eigenvalue weighted by atomic mass is 19.1. The molecule has 1 aliphatic rings. The fourth-order valence-electron chi connectivity index (χ4n) is 3.42. The Morgan fingerprint density at radius 1 is 1.15 bits per heavy atom. The zero-order valence-corrected chi connectivity index (χ0v) is 15.4. The molecule has 1 saturated heterocycles. The third-order valence-corrected chi connectivity index (χ3v) is 4.85. The fraction of sp³-hybridized carbons (Fsp3) is 0.381. The van der Waals surface area contributed by atoms with E-state index in [1.54, 1.807) is 18.0 Å². The highest BCUT2D eigenvalue weighted by Crippen LogP contribution is 2.26. The van der Waals surface area contributed by atoms with E-state index in [0.717, 1.165) is 18.7 Å². The molecule has 0 N–H and O–H groups in total. The molecule has 0 unspecified atom stereocenters. The normalized spacial score (nSPS) is 14.2. The molecule has 1 aliphatic heterocycles. The second kappa shape index (κ2) is 8.21. The summed E-state index contributed by atoms with van der Waals surface area (Å²) >= 11 is 0. The van der Waals surface area contributed by atoms with Gasteiger partial charge in [-0.1, -0.05) is 18.2 Å². The maximum absolute atomic E-state index is 14.2. The van der Waals surface area contributed by atoms with Gasteiger partial charge in [-0.3, -0.25) is 4.79 Å². The minimum absolute atomic E-state index is 0.0590. The number of halogens is 1. The van der Waals surface area contributed by atoms with Crippen LogP contribution in [-0.2, 0) is 6.54 Å². The second-order valence-electron chi connectivity index (χ2n) is 6.68. The highest BCUT2D eigenvalue weighted by Gasteiger charge is 2.20. The maximum atomic E-state index is 14.2. The van der Waals surface area contributed by atoms with Gasteiger partial charge in [0.05, 0.1) is 12.7 Å². The van der Waals surface area contributed by atoms with Gasteiger partial charge in [0.15, 0.2) is 0 Å². The van der Waals surface area contributed by atoms with E-state index >= 15 is 0 Å². The largest absolute Gasteiger partial charge is 0.497 e. The number of nitrogens with zero attached hydrogens (tertiary/aromatic N) is 2. The summed E-state index contributed by atoms with van der Waals surface area (Å²) in [4.78, 5) is 16.6. The van der Waals surface area contributed by atoms with Crippen LogP contribution in [0.2, 0.25) is 0 Å². The molecule has 0 aliphatic carbocycles. The number of ether oxygens (including phenoxy) is 1. The minimum Gasteiger partial charge on any atom is -0.497 e. The number of piperidine rings is 1. The smallest absolute Gasteiger partial charge is 0.256 e. The van der Waals surface area contributed by atoms with Gasteiger partial charge < -0.3 is 14.5 Å². The molecule has 4 nitrogen and oxygen atoms in total. The van der Waals surface area contributed by atoms with E-state index in [1.165, 1.54) is 44.2 Å². The molecule has 138 valence electrons. The molecule has 1 fully saturated rings. The first-order valence-corrected chi connectivity index (χ1v) is 9.02. The average Bonchev–Trinajstić information content (AvgIpc) is 2.68. The lowest BCUT2D eigenvalue weighted by Crippen LogP contribution is -2.32. The quantitative estimate of drug-likeness (QED) is 0.809. The predicted octanol–water partition coefficient (Wildman–Crippen LogP) is 4.10. The van der Waals surface area contributed by atoms with Crippen molar-refractivity contribution in [3.63, 3.8) is 0 Å². The van der Waals surface area contributed by atoms with Crippen molar-refractivity contribution >= 4 is 11.6 Å². The number of hydrogen-bond donors (Lipinski definition) is 0. The lowest BCUT2D eigenvalue weighted by molar-refractivity contribution is 0.0780. The minimum atomic E-state index is -0.564. The number of amides is 1. The molecule has 1 amide bonds. The summed E-state index contributed by atoms with van der Waals surface area (Å²) in [7, 11) is 3.18. The van der Waals surface area contributed by atoms with Gasteiger partial charge in [0.25, 0.3) is 5.91 Å². The Morgan fingerprint density at radius 2 is 1.88 bits per heavy atom. The number of benzene rings is 2. The number of para-hydroxylation sites is 1. The first-order chi connectivity index (χ1) is 12.6. The number of anilines is 1. The van der Waals surface area contributed by atoms with Crippen LogP contribution in [-0.4, -0.2) is 38.1 Å². The lowest BCUT2D eigenvalue weighted by atomic mass is 10.1. The molecule has 0 aromatic heterocycles. The Morgan fingerprint density at radius 3 is 2.58 bits per heavy atom. The molecular formula is C21H25FN2O2. The zero-order chi connectivity index (χ0) is 18.5. The average molecular weight is 356 g/mol. The molecule has 26 heavy (non-hydrogen) atoms. The number of carbonyl (C=O) groups is 1. The summed E-state index contributed by atoms with van der Waals surface area (Å²) in [6, 6.07) is 12.5. The van der Waals surface area contributed by atoms with E-state index in [0.29, 0.717) is 12.3 Å². The number of methoxy groups -OCH3 is 1. The topological polar surface area (TPSA) is 32.8 Å². The van der Waals surface area contributed by atoms with Crippen LogP contribution in [0.4, 0.5) is 10.1 Å². The molecule has 0 spiro atoms. The summed E-state index contributed by atoms with van der Waals surface area (Å²) in [5.41, 5.74) is 2.31. The molecule has 3 rings (SSSR count). The molecule has 1 heterocycles. The highest BCUT2D eigenvalue weighted by molar-refractivity contribution is 5.94. The van der Waals surface area contributed by atoms with Crippen molar-refractivity contribution in [1.82, 2.24) is 4.90 Å². The van der Waals surface area contributed by atoms with E-state index in [4.69, 9.17) is 4.74 Å². The molecule has 2 aromatic rings. The monoisotopic (exact) mass is 356 g/mol. The molecule has 0 radical (unpaired) electrons. The van der Waals surface area contributed by atoms with Crippen molar-refractivity contribution < 1.29 is 13.9 Å². The van der Waals surface area contributed by atoms with Crippen molar-refractivity contribution in [2.75, 3.05) is 32.1 Å². The van der Waals surface area contributed by atoms with Crippen molar-refractivity contribution in [2.45, 2.75) is 25.8 Å². The lowest BCUT2D eigenvalue weighted by Gasteiger charge is -2.31. The number of rotatable bonds is 5. The van der Waals surface area contributed by atoms with E-state index < -0.39 is 5.82 Å². The second-order valence-corrected chi connectivity index (χ2v) is 6.68. The summed E-state index contributed by atoms with van der Waals surface area (Å²) in [6.07, 6.45) is 3.66. The van der Waals surface area contributed by atoms with Crippen LogP contribution < -0.4 is 9.64 Å². The standard InChI is InChI=1S/C21H25FN2O2/c1-23(21(25)18-11-10-17(26-2)14-19(18)22)15-16-8-4-5-9-20(16)24-12-6-3-7-13-24/h4-5,8-11,14H,3,6-7,12-13,15H2,1-2H3. The van der Waals surface area contributed by atoms with Crippen LogP contribution in [0.5, 0.6) is 5.75 Å². The van der Waals surface area contributed by atoms with Crippen LogP contribution in [0.1, 0.15) is 35.2 Å². The summed E-state index contributed by atoms with van der Waals surface area (Å²) in [6.45, 7) is 2.53. The van der Waals surface area contributed by atoms with Gasteiger partial charge in [0, 0.05) is 38.4 Å². The van der Waals surface area contributed by atoms with Crippen molar-refractivity contribution in [3.05, 3.63) is 59.4 Å². The Kier molecular flexibility index (Phi) is 5.76. The van der Waals surface area contributed by atoms with Crippen LogP contribution in [0.3, 0.4) is 0 Å². The van der Waals surface area contributed by atoms with Crippen LogP contribution in [0.25, 0.3) is 0 Å². The van der Waals surface area contributed by atoms with Gasteiger partial charge in [-0.25, -0.2) is 4.39 Å². The summed E-state index contributed by atoms with van der Waals surface area (Å²) < 4.78 is 19.2. The molecular weight excluding hydrogens is 331 g/mol. The molecule has 2 aromatic carbocycles. The molecule has 5 heteroatoms. The van der Waals surface area contributed by atoms with Gasteiger partial charge in [0.2, 0.25) is 0 Å². The number of carbonyl (C=O) groups excluding carboxylic acids is 1. The van der Waals surface area contributed by atoms with E-state index in [-0.39, 0.29) is 11.5 Å². The SMILES string of the molecule is COc1ccc(C(=O)N(C)Cc2ccccc2N2CCCCC2)c(F)c1. The summed E-state index contributed by atoms with van der Waals surface area (Å²) in [5.74, 6) is -0.499. The maximum Gasteiger partial charge on any atom is 0.256 e. The van der Waals surface area contributed by atoms with Crippen molar-refractivity contribution in [1.29, 1.82) is 0 Å². The predicted molar refractivity (Wildman–Crippen MR) is 101 cm³/mol. The van der Waals surface area contributed by atoms with Gasteiger partial charge >= 0.3 is 0 Å². The fourth-order valence-corrected chi connectivity index (χ4v) is 3.42. The Bertz CT molecular complexity index is 772. The summed E-state index contributed by atoms with van der Waals surface area (Å²) in [5, 5.41) is 0. The Labute approximate surface area is 154 Å². The van der Waals surface area contributed by atoms with E-state index in [9.17, 15) is 9.18 Å². The van der Waals surface area contributed by atoms with E-state index in [2.05, 4.69) is 11.0 Å². The third kappa shape index (κ3) is 3.98. The van der Waals surface area contributed by atoms with Crippen LogP contribution in [0.15, 0.2) is 42.5 Å². The van der Waals surface area contributed by atoms with E-state index in [1.807, 2.05) is 18.2 Å². The Hall–Kier alpha value is -2.56. The van der Waals surface area contributed by atoms with Crippen molar-refractivity contribution in [2.24, 2.45) is 0 Å². The van der Waals surface area contributed by atoms with Gasteiger partial charge in [-0.2, -0.15) is 0 Å². The third-order valence-electron chi connectivity index (χ3n) is 4.85. The van der Waals surface area contributed by atoms with Crippen LogP contribution >= 0.6 is 0 Å². The first kappa shape index (κ1) is 18.2. The number of hydrogen-bond acceptors (Lipinski definition) is 3. The van der Waals surface area contributed by atoms with Gasteiger partial charge in [-0.05, 0) is 43.0 Å². The van der Waals surface area contributed by atoms with Gasteiger partial charge in [-0.15, -0.1) is 0 Å². The molecule has 0 saturated carbocycles. The molecule has 0 bridgehead atoms. The van der Waals surface area contributed by atoms with Crippen molar-refractivity contribution in [3.8, 4) is 5.75 Å².